The van der Waals surface area contributed by atoms with Crippen LogP contribution in [-0.4, -0.2) is 15.9 Å². The number of hydrogen-bond donors (Lipinski definition) is 0. The lowest BCUT2D eigenvalue weighted by atomic mass is 10.0. The predicted molar refractivity (Wildman–Crippen MR) is 135 cm³/mol. The highest BCUT2D eigenvalue weighted by Gasteiger charge is 2.27. The molecular formula is C25H20ClN3OS2. The number of benzene rings is 2. The molecule has 0 radical (unpaired) electrons. The Balaban J connectivity index is 1.64. The molecule has 1 amide bonds. The number of para-hydroxylation sites is 1. The zero-order valence-electron chi connectivity index (χ0n) is 17.6. The average molecular weight is 478 g/mol. The summed E-state index contributed by atoms with van der Waals surface area (Å²) in [5.74, 6) is 0.178. The highest BCUT2D eigenvalue weighted by Crippen LogP contribution is 2.39. The maximum Gasteiger partial charge on any atom is 0.272 e. The number of hydrogen-bond acceptors (Lipinski definition) is 5. The van der Waals surface area contributed by atoms with Gasteiger partial charge in [-0.15, -0.1) is 11.3 Å². The molecule has 7 heteroatoms. The largest absolute Gasteiger partial charge is 0.277 e. The first-order valence-corrected chi connectivity index (χ1v) is 12.3. The molecule has 160 valence electrons. The Morgan fingerprint density at radius 1 is 1.00 bits per heavy atom. The molecule has 5 aromatic rings. The van der Waals surface area contributed by atoms with E-state index in [0.717, 1.165) is 26.0 Å². The third kappa shape index (κ3) is 3.79. The average Bonchev–Trinajstić information content (AvgIpc) is 3.39. The molecule has 0 aliphatic carbocycles. The normalized spacial score (nSPS) is 11.5. The van der Waals surface area contributed by atoms with Gasteiger partial charge in [0.2, 0.25) is 0 Å². The number of carbonyl (C=O) groups excluding carboxylic acids is 1. The lowest BCUT2D eigenvalue weighted by Gasteiger charge is -2.19. The van der Waals surface area contributed by atoms with Crippen LogP contribution in [0.3, 0.4) is 0 Å². The van der Waals surface area contributed by atoms with Crippen LogP contribution in [-0.2, 0) is 6.54 Å². The second-order valence-electron chi connectivity index (χ2n) is 7.80. The number of thiophene rings is 1. The monoisotopic (exact) mass is 477 g/mol. The van der Waals surface area contributed by atoms with E-state index in [0.29, 0.717) is 27.5 Å². The van der Waals surface area contributed by atoms with Crippen LogP contribution in [0.25, 0.3) is 20.3 Å². The summed E-state index contributed by atoms with van der Waals surface area (Å²) < 4.78 is 2.05. The summed E-state index contributed by atoms with van der Waals surface area (Å²) in [5, 5.41) is 2.04. The molecule has 3 aromatic heterocycles. The maximum atomic E-state index is 13.8. The Kier molecular flexibility index (Phi) is 5.67. The van der Waals surface area contributed by atoms with Gasteiger partial charge in [-0.05, 0) is 35.7 Å². The number of rotatable bonds is 5. The van der Waals surface area contributed by atoms with Crippen molar-refractivity contribution in [3.8, 4) is 0 Å². The highest BCUT2D eigenvalue weighted by atomic mass is 35.5. The van der Waals surface area contributed by atoms with E-state index in [1.54, 1.807) is 11.1 Å². The van der Waals surface area contributed by atoms with E-state index in [4.69, 9.17) is 16.6 Å². The van der Waals surface area contributed by atoms with Crippen LogP contribution >= 0.6 is 34.3 Å². The Morgan fingerprint density at radius 2 is 1.78 bits per heavy atom. The minimum Gasteiger partial charge on any atom is -0.277 e. The van der Waals surface area contributed by atoms with E-state index in [2.05, 4.69) is 31.0 Å². The standard InChI is InChI=1S/C25H20ClN3OS2/c1-15(2)17-10-7-12-20-22(17)28-25(32-20)29(14-16-8-5-6-13-27-16)24(30)23-21(26)18-9-3-4-11-19(18)31-23/h3-13,15H,14H2,1-2H3. The number of halogens is 1. The van der Waals surface area contributed by atoms with E-state index in [9.17, 15) is 4.79 Å². The number of fused-ring (bicyclic) bond motifs is 2. The van der Waals surface area contributed by atoms with Crippen molar-refractivity contribution in [2.45, 2.75) is 26.3 Å². The lowest BCUT2D eigenvalue weighted by Crippen LogP contribution is -2.30. The first-order valence-electron chi connectivity index (χ1n) is 10.3. The fourth-order valence-electron chi connectivity index (χ4n) is 3.69. The summed E-state index contributed by atoms with van der Waals surface area (Å²) in [4.78, 5) is 25.4. The van der Waals surface area contributed by atoms with E-state index in [-0.39, 0.29) is 5.91 Å². The third-order valence-electron chi connectivity index (χ3n) is 5.31. The molecule has 0 spiro atoms. The molecule has 0 fully saturated rings. The zero-order chi connectivity index (χ0) is 22.2. The van der Waals surface area contributed by atoms with E-state index >= 15 is 0 Å². The van der Waals surface area contributed by atoms with Crippen LogP contribution in [0.15, 0.2) is 66.9 Å². The van der Waals surface area contributed by atoms with Crippen LogP contribution in [0.2, 0.25) is 5.02 Å². The summed E-state index contributed by atoms with van der Waals surface area (Å²) in [5.41, 5.74) is 2.92. The summed E-state index contributed by atoms with van der Waals surface area (Å²) in [6.45, 7) is 4.63. The van der Waals surface area contributed by atoms with Crippen LogP contribution < -0.4 is 4.90 Å². The summed E-state index contributed by atoms with van der Waals surface area (Å²) in [6, 6.07) is 19.7. The Labute approximate surface area is 199 Å². The molecule has 0 aliphatic heterocycles. The Bertz CT molecular complexity index is 1430. The van der Waals surface area contributed by atoms with Gasteiger partial charge < -0.3 is 0 Å². The highest BCUT2D eigenvalue weighted by molar-refractivity contribution is 7.23. The van der Waals surface area contributed by atoms with Gasteiger partial charge in [-0.2, -0.15) is 0 Å². The summed E-state index contributed by atoms with van der Waals surface area (Å²) in [6.07, 6.45) is 1.74. The quantitative estimate of drug-likeness (QED) is 0.263. The molecule has 0 saturated heterocycles. The van der Waals surface area contributed by atoms with Crippen LogP contribution in [0.5, 0.6) is 0 Å². The number of pyridine rings is 1. The van der Waals surface area contributed by atoms with Gasteiger partial charge in [0, 0.05) is 16.3 Å². The molecule has 4 nitrogen and oxygen atoms in total. The molecule has 0 unspecified atom stereocenters. The SMILES string of the molecule is CC(C)c1cccc2sc(N(Cc3ccccn3)C(=O)c3sc4ccccc4c3Cl)nc12. The summed E-state index contributed by atoms with van der Waals surface area (Å²) >= 11 is 9.60. The first-order chi connectivity index (χ1) is 15.5. The van der Waals surface area contributed by atoms with Gasteiger partial charge in [0.15, 0.2) is 5.13 Å². The second-order valence-corrected chi connectivity index (χ2v) is 10.2. The molecule has 0 bridgehead atoms. The third-order valence-corrected chi connectivity index (χ3v) is 8.02. The van der Waals surface area contributed by atoms with Crippen molar-refractivity contribution in [2.24, 2.45) is 0 Å². The molecular weight excluding hydrogens is 458 g/mol. The van der Waals surface area contributed by atoms with Gasteiger partial charge in [0.05, 0.1) is 27.5 Å². The van der Waals surface area contributed by atoms with Crippen molar-refractivity contribution >= 4 is 65.6 Å². The molecule has 3 heterocycles. The molecule has 0 atom stereocenters. The molecule has 5 rings (SSSR count). The molecule has 32 heavy (non-hydrogen) atoms. The minimum absolute atomic E-state index is 0.160. The van der Waals surface area contributed by atoms with Crippen LogP contribution in [0.1, 0.15) is 40.7 Å². The van der Waals surface area contributed by atoms with Crippen molar-refractivity contribution in [3.05, 3.63) is 88.0 Å². The maximum absolute atomic E-state index is 13.8. The number of thiazole rings is 1. The number of amides is 1. The van der Waals surface area contributed by atoms with Crippen molar-refractivity contribution in [2.75, 3.05) is 4.90 Å². The molecule has 2 aromatic carbocycles. The van der Waals surface area contributed by atoms with E-state index in [1.807, 2.05) is 48.5 Å². The fraction of sp³-hybridized carbons (Fsp3) is 0.160. The van der Waals surface area contributed by atoms with Crippen LogP contribution in [0.4, 0.5) is 5.13 Å². The fourth-order valence-corrected chi connectivity index (χ4v) is 6.15. The topological polar surface area (TPSA) is 46.1 Å². The van der Waals surface area contributed by atoms with Gasteiger partial charge in [-0.1, -0.05) is 73.2 Å². The predicted octanol–water partition coefficient (Wildman–Crippen LogP) is 7.53. The molecule has 0 saturated carbocycles. The van der Waals surface area contributed by atoms with Gasteiger partial charge in [0.25, 0.3) is 5.91 Å². The van der Waals surface area contributed by atoms with Crippen LogP contribution in [0, 0.1) is 0 Å². The zero-order valence-corrected chi connectivity index (χ0v) is 20.0. The Hall–Kier alpha value is -2.80. The van der Waals surface area contributed by atoms with Crippen molar-refractivity contribution in [1.82, 2.24) is 9.97 Å². The van der Waals surface area contributed by atoms with Crippen molar-refractivity contribution < 1.29 is 4.79 Å². The molecule has 0 N–H and O–H groups in total. The minimum atomic E-state index is -0.160. The molecule has 0 aliphatic rings. The summed E-state index contributed by atoms with van der Waals surface area (Å²) in [7, 11) is 0. The van der Waals surface area contributed by atoms with Crippen molar-refractivity contribution in [1.29, 1.82) is 0 Å². The van der Waals surface area contributed by atoms with Gasteiger partial charge in [-0.25, -0.2) is 4.98 Å². The Morgan fingerprint density at radius 3 is 2.53 bits per heavy atom. The number of aromatic nitrogens is 2. The van der Waals surface area contributed by atoms with Gasteiger partial charge >= 0.3 is 0 Å². The number of nitrogens with zero attached hydrogens (tertiary/aromatic N) is 3. The smallest absolute Gasteiger partial charge is 0.272 e. The second kappa shape index (κ2) is 8.62. The lowest BCUT2D eigenvalue weighted by molar-refractivity contribution is 0.0989. The number of carbonyl (C=O) groups is 1. The first kappa shape index (κ1) is 21.1. The van der Waals surface area contributed by atoms with E-state index in [1.165, 1.54) is 28.2 Å². The van der Waals surface area contributed by atoms with Crippen molar-refractivity contribution in [3.63, 3.8) is 0 Å². The number of anilines is 1. The van der Waals surface area contributed by atoms with Gasteiger partial charge in [0.1, 0.15) is 4.88 Å². The van der Waals surface area contributed by atoms with E-state index < -0.39 is 0 Å². The van der Waals surface area contributed by atoms with Gasteiger partial charge in [-0.3, -0.25) is 14.7 Å².